The zero-order valence-corrected chi connectivity index (χ0v) is 7.81. The van der Waals surface area contributed by atoms with Crippen molar-refractivity contribution in [1.82, 2.24) is 9.03 Å². The van der Waals surface area contributed by atoms with Gasteiger partial charge in [-0.15, -0.1) is 0 Å². The normalized spacial score (nSPS) is 12.4. The number of nitrogens with one attached hydrogen (secondary N) is 1. The van der Waals surface area contributed by atoms with E-state index >= 15 is 0 Å². The molecule has 0 aliphatic rings. The van der Waals surface area contributed by atoms with E-state index in [1.165, 1.54) is 21.2 Å². The topological polar surface area (TPSA) is 58.6 Å². The standard InChI is InChI=1S/C5H14N2O3S/c1-7(2)11(8,9)6-4-5-10-3/h6H,4-5H2,1-3H3. The molecule has 0 spiro atoms. The number of hydrogen-bond donors (Lipinski definition) is 1. The fourth-order valence-corrected chi connectivity index (χ4v) is 1.00. The Bertz CT molecular complexity index is 188. The molecule has 11 heavy (non-hydrogen) atoms. The molecule has 0 heterocycles. The Morgan fingerprint density at radius 1 is 1.45 bits per heavy atom. The molecular weight excluding hydrogens is 168 g/mol. The van der Waals surface area contributed by atoms with E-state index in [9.17, 15) is 8.42 Å². The summed E-state index contributed by atoms with van der Waals surface area (Å²) in [4.78, 5) is 0. The summed E-state index contributed by atoms with van der Waals surface area (Å²) < 4.78 is 30.0. The summed E-state index contributed by atoms with van der Waals surface area (Å²) in [6.45, 7) is 0.685. The molecule has 0 rings (SSSR count). The van der Waals surface area contributed by atoms with Crippen LogP contribution in [0.2, 0.25) is 0 Å². The first-order valence-electron chi connectivity index (χ1n) is 3.16. The van der Waals surface area contributed by atoms with Gasteiger partial charge in [0.05, 0.1) is 6.61 Å². The molecule has 0 fully saturated rings. The first-order valence-corrected chi connectivity index (χ1v) is 4.60. The Labute approximate surface area is 67.5 Å². The number of hydrogen-bond acceptors (Lipinski definition) is 3. The van der Waals surface area contributed by atoms with Crippen LogP contribution in [0, 0.1) is 0 Å². The smallest absolute Gasteiger partial charge is 0.279 e. The molecule has 0 amide bonds. The number of nitrogens with zero attached hydrogens (tertiary/aromatic N) is 1. The van der Waals surface area contributed by atoms with Crippen LogP contribution in [0.15, 0.2) is 0 Å². The van der Waals surface area contributed by atoms with Gasteiger partial charge in [0, 0.05) is 27.7 Å². The molecule has 1 N–H and O–H groups in total. The maximum Gasteiger partial charge on any atom is 0.279 e. The van der Waals surface area contributed by atoms with Crippen LogP contribution < -0.4 is 4.72 Å². The second kappa shape index (κ2) is 4.66. The summed E-state index contributed by atoms with van der Waals surface area (Å²) >= 11 is 0. The van der Waals surface area contributed by atoms with Crippen LogP contribution in [-0.2, 0) is 14.9 Å². The summed E-state index contributed by atoms with van der Waals surface area (Å²) in [7, 11) is 1.19. The minimum Gasteiger partial charge on any atom is -0.383 e. The van der Waals surface area contributed by atoms with E-state index < -0.39 is 10.2 Å². The number of rotatable bonds is 5. The zero-order valence-electron chi connectivity index (χ0n) is 6.99. The average molecular weight is 182 g/mol. The highest BCUT2D eigenvalue weighted by molar-refractivity contribution is 7.87. The molecular formula is C5H14N2O3S. The van der Waals surface area contributed by atoms with E-state index in [4.69, 9.17) is 0 Å². The molecule has 0 radical (unpaired) electrons. The summed E-state index contributed by atoms with van der Waals surface area (Å²) in [5.74, 6) is 0. The Morgan fingerprint density at radius 2 is 2.00 bits per heavy atom. The first-order chi connectivity index (χ1) is 5.00. The minimum atomic E-state index is -3.27. The van der Waals surface area contributed by atoms with Crippen molar-refractivity contribution >= 4 is 10.2 Å². The molecule has 0 unspecified atom stereocenters. The fourth-order valence-electron chi connectivity index (χ4n) is 0.402. The van der Waals surface area contributed by atoms with E-state index in [2.05, 4.69) is 9.46 Å². The third-order valence-electron chi connectivity index (χ3n) is 1.07. The van der Waals surface area contributed by atoms with Crippen molar-refractivity contribution in [2.24, 2.45) is 0 Å². The van der Waals surface area contributed by atoms with Gasteiger partial charge in [-0.2, -0.15) is 17.4 Å². The van der Waals surface area contributed by atoms with Gasteiger partial charge in [-0.25, -0.2) is 0 Å². The van der Waals surface area contributed by atoms with Crippen molar-refractivity contribution in [2.75, 3.05) is 34.4 Å². The van der Waals surface area contributed by atoms with Crippen molar-refractivity contribution in [3.05, 3.63) is 0 Å². The predicted octanol–water partition coefficient (Wildman–Crippen LogP) is -0.971. The van der Waals surface area contributed by atoms with Gasteiger partial charge in [0.15, 0.2) is 0 Å². The Hall–Kier alpha value is -0.170. The highest BCUT2D eigenvalue weighted by atomic mass is 32.2. The molecule has 0 saturated heterocycles. The van der Waals surface area contributed by atoms with E-state index in [1.54, 1.807) is 0 Å². The van der Waals surface area contributed by atoms with Crippen LogP contribution in [-0.4, -0.2) is 47.1 Å². The zero-order chi connectivity index (χ0) is 8.91. The van der Waals surface area contributed by atoms with Gasteiger partial charge in [-0.1, -0.05) is 0 Å². The molecule has 5 nitrogen and oxygen atoms in total. The summed E-state index contributed by atoms with van der Waals surface area (Å²) in [6.07, 6.45) is 0. The highest BCUT2D eigenvalue weighted by Crippen LogP contribution is 1.85. The molecule has 0 aromatic heterocycles. The lowest BCUT2D eigenvalue weighted by molar-refractivity contribution is 0.204. The summed E-state index contributed by atoms with van der Waals surface area (Å²) in [5, 5.41) is 0. The molecule has 68 valence electrons. The van der Waals surface area contributed by atoms with Crippen LogP contribution in [0.3, 0.4) is 0 Å². The van der Waals surface area contributed by atoms with Crippen LogP contribution in [0.25, 0.3) is 0 Å². The fraction of sp³-hybridized carbons (Fsp3) is 1.00. The Balaban J connectivity index is 3.75. The van der Waals surface area contributed by atoms with Crippen molar-refractivity contribution < 1.29 is 13.2 Å². The van der Waals surface area contributed by atoms with Gasteiger partial charge in [0.2, 0.25) is 0 Å². The lowest BCUT2D eigenvalue weighted by atomic mass is 10.7. The van der Waals surface area contributed by atoms with Gasteiger partial charge < -0.3 is 4.74 Å². The van der Waals surface area contributed by atoms with E-state index in [0.29, 0.717) is 13.2 Å². The van der Waals surface area contributed by atoms with Crippen molar-refractivity contribution in [3.63, 3.8) is 0 Å². The van der Waals surface area contributed by atoms with Gasteiger partial charge in [0.1, 0.15) is 0 Å². The van der Waals surface area contributed by atoms with Crippen LogP contribution >= 0.6 is 0 Å². The predicted molar refractivity (Wildman–Crippen MR) is 42.5 cm³/mol. The molecule has 0 aromatic carbocycles. The van der Waals surface area contributed by atoms with Crippen LogP contribution in [0.1, 0.15) is 0 Å². The lowest BCUT2D eigenvalue weighted by Gasteiger charge is -2.11. The first kappa shape index (κ1) is 10.8. The average Bonchev–Trinajstić information content (AvgIpc) is 1.88. The van der Waals surface area contributed by atoms with Gasteiger partial charge in [0.25, 0.3) is 10.2 Å². The van der Waals surface area contributed by atoms with Gasteiger partial charge >= 0.3 is 0 Å². The highest BCUT2D eigenvalue weighted by Gasteiger charge is 2.10. The van der Waals surface area contributed by atoms with Gasteiger partial charge in [-0.05, 0) is 0 Å². The van der Waals surface area contributed by atoms with Crippen molar-refractivity contribution in [1.29, 1.82) is 0 Å². The number of ether oxygens (including phenoxy) is 1. The van der Waals surface area contributed by atoms with Crippen molar-refractivity contribution in [2.45, 2.75) is 0 Å². The van der Waals surface area contributed by atoms with E-state index in [-0.39, 0.29) is 0 Å². The summed E-state index contributed by atoms with van der Waals surface area (Å²) in [6, 6.07) is 0. The molecule has 6 heteroatoms. The maximum absolute atomic E-state index is 11.0. The second-order valence-corrected chi connectivity index (χ2v) is 4.14. The van der Waals surface area contributed by atoms with Crippen LogP contribution in [0.5, 0.6) is 0 Å². The summed E-state index contributed by atoms with van der Waals surface area (Å²) in [5.41, 5.74) is 0. The number of methoxy groups -OCH3 is 1. The lowest BCUT2D eigenvalue weighted by Crippen LogP contribution is -2.37. The quantitative estimate of drug-likeness (QED) is 0.556. The van der Waals surface area contributed by atoms with Crippen LogP contribution in [0.4, 0.5) is 0 Å². The third-order valence-corrected chi connectivity index (χ3v) is 2.60. The maximum atomic E-state index is 11.0. The Morgan fingerprint density at radius 3 is 2.36 bits per heavy atom. The largest absolute Gasteiger partial charge is 0.383 e. The monoisotopic (exact) mass is 182 g/mol. The third kappa shape index (κ3) is 4.31. The van der Waals surface area contributed by atoms with Crippen molar-refractivity contribution in [3.8, 4) is 0 Å². The second-order valence-electron chi connectivity index (χ2n) is 2.17. The molecule has 0 aliphatic heterocycles. The SMILES string of the molecule is COCCNS(=O)(=O)N(C)C. The molecule has 0 aliphatic carbocycles. The van der Waals surface area contributed by atoms with E-state index in [1.807, 2.05) is 0 Å². The minimum absolute atomic E-state index is 0.303. The van der Waals surface area contributed by atoms with E-state index in [0.717, 1.165) is 4.31 Å². The molecule has 0 aromatic rings. The van der Waals surface area contributed by atoms with Gasteiger partial charge in [-0.3, -0.25) is 0 Å². The molecule has 0 bridgehead atoms. The molecule has 0 atom stereocenters. The molecule has 0 saturated carbocycles. The Kier molecular flexibility index (Phi) is 4.58.